The Morgan fingerprint density at radius 2 is 2.32 bits per heavy atom. The molecule has 1 unspecified atom stereocenters. The van der Waals surface area contributed by atoms with E-state index in [1.807, 2.05) is 12.1 Å². The van der Waals surface area contributed by atoms with Crippen LogP contribution in [0.15, 0.2) is 22.7 Å². The summed E-state index contributed by atoms with van der Waals surface area (Å²) in [4.78, 5) is 2.34. The molecule has 0 aromatic heterocycles. The van der Waals surface area contributed by atoms with E-state index < -0.39 is 6.10 Å². The standard InChI is InChI=1S/C17H20BrNO3/c1-19-6-5-17-4-3-10(20)7-14(17)22-16-13(21-2)8-12(18)11(9-19)15(16)17/h3-4,8,10,14,20H,5-7,9H2,1-2H3/t10-,14-,17?/m0/s1. The number of methoxy groups -OCH3 is 1. The maximum absolute atomic E-state index is 10.0. The first-order valence-corrected chi connectivity index (χ1v) is 8.47. The Morgan fingerprint density at radius 3 is 3.09 bits per heavy atom. The lowest BCUT2D eigenvalue weighted by molar-refractivity contribution is 0.0821. The molecule has 1 aromatic carbocycles. The first-order chi connectivity index (χ1) is 10.5. The number of nitrogens with zero attached hydrogens (tertiary/aromatic N) is 1. The smallest absolute Gasteiger partial charge is 0.166 e. The van der Waals surface area contributed by atoms with Crippen molar-refractivity contribution in [1.29, 1.82) is 0 Å². The molecule has 4 rings (SSSR count). The van der Waals surface area contributed by atoms with Gasteiger partial charge in [0.2, 0.25) is 0 Å². The predicted octanol–water partition coefficient (Wildman–Crippen LogP) is 2.61. The molecule has 0 radical (unpaired) electrons. The predicted molar refractivity (Wildman–Crippen MR) is 87.5 cm³/mol. The largest absolute Gasteiger partial charge is 0.493 e. The molecule has 0 amide bonds. The zero-order valence-electron chi connectivity index (χ0n) is 12.8. The van der Waals surface area contributed by atoms with Crippen molar-refractivity contribution < 1.29 is 14.6 Å². The van der Waals surface area contributed by atoms with Gasteiger partial charge in [-0.2, -0.15) is 0 Å². The topological polar surface area (TPSA) is 41.9 Å². The minimum atomic E-state index is -0.427. The highest BCUT2D eigenvalue weighted by molar-refractivity contribution is 9.10. The Labute approximate surface area is 138 Å². The molecule has 0 saturated heterocycles. The van der Waals surface area contributed by atoms with Crippen LogP contribution >= 0.6 is 15.9 Å². The molecule has 3 aliphatic rings. The Hall–Kier alpha value is -1.04. The van der Waals surface area contributed by atoms with E-state index in [4.69, 9.17) is 9.47 Å². The van der Waals surface area contributed by atoms with Crippen molar-refractivity contribution in [2.24, 2.45) is 0 Å². The van der Waals surface area contributed by atoms with E-state index in [1.165, 1.54) is 11.1 Å². The molecule has 5 heteroatoms. The Kier molecular flexibility index (Phi) is 3.29. The van der Waals surface area contributed by atoms with Gasteiger partial charge in [-0.3, -0.25) is 0 Å². The van der Waals surface area contributed by atoms with Gasteiger partial charge < -0.3 is 19.5 Å². The highest BCUT2D eigenvalue weighted by Crippen LogP contribution is 2.57. The fourth-order valence-electron chi connectivity index (χ4n) is 4.10. The summed E-state index contributed by atoms with van der Waals surface area (Å²) in [6.45, 7) is 1.89. The lowest BCUT2D eigenvalue weighted by Gasteiger charge is -2.35. The summed E-state index contributed by atoms with van der Waals surface area (Å²) < 4.78 is 12.9. The second-order valence-corrected chi connectivity index (χ2v) is 7.39. The quantitative estimate of drug-likeness (QED) is 0.776. The van der Waals surface area contributed by atoms with Gasteiger partial charge in [-0.1, -0.05) is 28.1 Å². The fourth-order valence-corrected chi connectivity index (χ4v) is 4.63. The van der Waals surface area contributed by atoms with Gasteiger partial charge in [0.25, 0.3) is 0 Å². The van der Waals surface area contributed by atoms with Crippen LogP contribution in [0.4, 0.5) is 0 Å². The first-order valence-electron chi connectivity index (χ1n) is 7.67. The Balaban J connectivity index is 2.00. The van der Waals surface area contributed by atoms with Crippen molar-refractivity contribution in [3.63, 3.8) is 0 Å². The maximum atomic E-state index is 10.0. The van der Waals surface area contributed by atoms with Crippen LogP contribution < -0.4 is 9.47 Å². The molecule has 1 aliphatic carbocycles. The highest BCUT2D eigenvalue weighted by atomic mass is 79.9. The lowest BCUT2D eigenvalue weighted by atomic mass is 9.69. The van der Waals surface area contributed by atoms with Crippen LogP contribution in [-0.4, -0.2) is 42.9 Å². The summed E-state index contributed by atoms with van der Waals surface area (Å²) in [5, 5.41) is 10.0. The highest BCUT2D eigenvalue weighted by Gasteiger charge is 2.53. The average molecular weight is 366 g/mol. The minimum absolute atomic E-state index is 0.0176. The zero-order chi connectivity index (χ0) is 15.5. The SMILES string of the molecule is COc1cc(Br)c2c3c1O[C@H]1C[C@@H](O)C=CC31CCN(C)C2. The number of aliphatic hydroxyl groups excluding tert-OH is 1. The minimum Gasteiger partial charge on any atom is -0.493 e. The third-order valence-corrected chi connectivity index (χ3v) is 5.93. The summed E-state index contributed by atoms with van der Waals surface area (Å²) >= 11 is 3.71. The molecule has 3 atom stereocenters. The van der Waals surface area contributed by atoms with Crippen molar-refractivity contribution in [3.05, 3.63) is 33.8 Å². The van der Waals surface area contributed by atoms with E-state index in [1.54, 1.807) is 7.11 Å². The number of hydrogen-bond donors (Lipinski definition) is 1. The van der Waals surface area contributed by atoms with Gasteiger partial charge in [-0.05, 0) is 31.6 Å². The summed E-state index contributed by atoms with van der Waals surface area (Å²) in [5.41, 5.74) is 2.38. The average Bonchev–Trinajstić information content (AvgIpc) is 2.74. The second-order valence-electron chi connectivity index (χ2n) is 6.54. The number of hydrogen-bond acceptors (Lipinski definition) is 4. The molecular weight excluding hydrogens is 346 g/mol. The van der Waals surface area contributed by atoms with Crippen molar-refractivity contribution >= 4 is 15.9 Å². The summed E-state index contributed by atoms with van der Waals surface area (Å²) in [6.07, 6.45) is 5.29. The van der Waals surface area contributed by atoms with Crippen LogP contribution in [-0.2, 0) is 12.0 Å². The maximum Gasteiger partial charge on any atom is 0.166 e. The molecule has 1 aromatic rings. The summed E-state index contributed by atoms with van der Waals surface area (Å²) in [6, 6.07) is 2.00. The molecule has 0 bridgehead atoms. The van der Waals surface area contributed by atoms with Gasteiger partial charge in [-0.15, -0.1) is 0 Å². The normalized spacial score (nSPS) is 32.9. The number of halogens is 1. The number of benzene rings is 1. The molecule has 22 heavy (non-hydrogen) atoms. The van der Waals surface area contributed by atoms with Crippen molar-refractivity contribution in [2.75, 3.05) is 20.7 Å². The van der Waals surface area contributed by atoms with Gasteiger partial charge in [0.05, 0.1) is 18.6 Å². The van der Waals surface area contributed by atoms with E-state index in [-0.39, 0.29) is 11.5 Å². The fraction of sp³-hybridized carbons (Fsp3) is 0.529. The molecule has 2 heterocycles. The van der Waals surface area contributed by atoms with Crippen molar-refractivity contribution in [3.8, 4) is 11.5 Å². The molecule has 2 aliphatic heterocycles. The third-order valence-electron chi connectivity index (χ3n) is 5.23. The number of rotatable bonds is 1. The van der Waals surface area contributed by atoms with Crippen molar-refractivity contribution in [2.45, 2.75) is 37.0 Å². The molecule has 1 N–H and O–H groups in total. The molecule has 1 spiro atoms. The van der Waals surface area contributed by atoms with E-state index >= 15 is 0 Å². The molecular formula is C17H20BrNO3. The van der Waals surface area contributed by atoms with Crippen LogP contribution in [0.5, 0.6) is 11.5 Å². The Bertz CT molecular complexity index is 660. The van der Waals surface area contributed by atoms with E-state index in [0.29, 0.717) is 6.42 Å². The Morgan fingerprint density at radius 1 is 1.50 bits per heavy atom. The molecule has 0 fully saturated rings. The van der Waals surface area contributed by atoms with Crippen LogP contribution in [0.1, 0.15) is 24.0 Å². The number of aliphatic hydroxyl groups is 1. The lowest BCUT2D eigenvalue weighted by Crippen LogP contribution is -2.42. The molecule has 4 nitrogen and oxygen atoms in total. The van der Waals surface area contributed by atoms with Gasteiger partial charge in [0.1, 0.15) is 6.10 Å². The van der Waals surface area contributed by atoms with E-state index in [9.17, 15) is 5.11 Å². The van der Waals surface area contributed by atoms with Crippen molar-refractivity contribution in [1.82, 2.24) is 4.90 Å². The summed E-state index contributed by atoms with van der Waals surface area (Å²) in [5.74, 6) is 1.63. The van der Waals surface area contributed by atoms with Crippen LogP contribution in [0, 0.1) is 0 Å². The first kappa shape index (κ1) is 14.5. The monoisotopic (exact) mass is 365 g/mol. The third kappa shape index (κ3) is 1.88. The number of ether oxygens (including phenoxy) is 2. The van der Waals surface area contributed by atoms with Crippen LogP contribution in [0.3, 0.4) is 0 Å². The van der Waals surface area contributed by atoms with Crippen LogP contribution in [0.2, 0.25) is 0 Å². The van der Waals surface area contributed by atoms with E-state index in [0.717, 1.165) is 35.5 Å². The van der Waals surface area contributed by atoms with E-state index in [2.05, 4.69) is 34.0 Å². The molecule has 118 valence electrons. The summed E-state index contributed by atoms with van der Waals surface area (Å²) in [7, 11) is 3.83. The van der Waals surface area contributed by atoms with Gasteiger partial charge in [-0.25, -0.2) is 0 Å². The van der Waals surface area contributed by atoms with Gasteiger partial charge in [0.15, 0.2) is 11.5 Å². The van der Waals surface area contributed by atoms with Gasteiger partial charge >= 0.3 is 0 Å². The molecule has 0 saturated carbocycles. The van der Waals surface area contributed by atoms with Gasteiger partial charge in [0, 0.05) is 23.0 Å². The zero-order valence-corrected chi connectivity index (χ0v) is 14.4. The van der Waals surface area contributed by atoms with Crippen LogP contribution in [0.25, 0.3) is 0 Å². The second kappa shape index (κ2) is 4.98.